The van der Waals surface area contributed by atoms with Crippen LogP contribution in [-0.4, -0.2) is 78.6 Å². The molecule has 324 valence electrons. The number of hydrogen-bond donors (Lipinski definition) is 3. The van der Waals surface area contributed by atoms with Gasteiger partial charge in [-0.3, -0.25) is 33.1 Å². The first-order valence-electron chi connectivity index (χ1n) is 20.4. The van der Waals surface area contributed by atoms with E-state index in [1.54, 1.807) is 95.0 Å². The van der Waals surface area contributed by atoms with E-state index in [1.807, 2.05) is 60.7 Å². The molecule has 1 fully saturated rings. The number of ether oxygens (including phenoxy) is 2. The lowest BCUT2D eigenvalue weighted by Crippen LogP contribution is -2.52. The van der Waals surface area contributed by atoms with Crippen LogP contribution in [-0.2, 0) is 43.5 Å². The number of imidazole rings is 1. The molecule has 1 heterocycles. The van der Waals surface area contributed by atoms with Crippen LogP contribution >= 0.6 is 0 Å². The summed E-state index contributed by atoms with van der Waals surface area (Å²) in [6.07, 6.45) is 0.489. The topological polar surface area (TPSA) is 173 Å². The zero-order valence-electron chi connectivity index (χ0n) is 35.7. The molecular formula is C48H49N7O8. The van der Waals surface area contributed by atoms with E-state index in [-0.39, 0.29) is 29.7 Å². The molecule has 0 bridgehead atoms. The highest BCUT2D eigenvalue weighted by atomic mass is 16.5. The SMILES string of the molecule is COc1ccc(N(C)C(=O)[C@H](Cc2ccccc2)NC(=O)Cn2c(=O)n(CC(=O)N[C@]3(C(=O)N(C)c4ccc(OC)cc4)CC3c3ccccc3)c3cc(NC(C)=O)ccc32)cc1. The fourth-order valence-corrected chi connectivity index (χ4v) is 7.94. The average molecular weight is 852 g/mol. The predicted octanol–water partition coefficient (Wildman–Crippen LogP) is 4.87. The van der Waals surface area contributed by atoms with E-state index in [0.717, 1.165) is 11.1 Å². The van der Waals surface area contributed by atoms with Crippen molar-refractivity contribution < 1.29 is 33.4 Å². The molecule has 1 aliphatic carbocycles. The molecule has 6 aromatic rings. The Morgan fingerprint density at radius 2 is 1.27 bits per heavy atom. The molecule has 5 aromatic carbocycles. The number of benzene rings is 5. The van der Waals surface area contributed by atoms with Crippen molar-refractivity contribution in [2.24, 2.45) is 0 Å². The number of carbonyl (C=O) groups is 5. The molecule has 0 saturated heterocycles. The molecule has 3 atom stereocenters. The summed E-state index contributed by atoms with van der Waals surface area (Å²) in [6.45, 7) is 0.328. The number of nitrogens with zero attached hydrogens (tertiary/aromatic N) is 4. The number of amides is 5. The third kappa shape index (κ3) is 9.47. The molecule has 1 aromatic heterocycles. The van der Waals surface area contributed by atoms with Crippen molar-refractivity contribution in [3.8, 4) is 11.5 Å². The third-order valence-electron chi connectivity index (χ3n) is 11.3. The van der Waals surface area contributed by atoms with Gasteiger partial charge in [-0.15, -0.1) is 0 Å². The van der Waals surface area contributed by atoms with Gasteiger partial charge in [0.25, 0.3) is 5.91 Å². The van der Waals surface area contributed by atoms with Crippen LogP contribution in [0, 0.1) is 0 Å². The van der Waals surface area contributed by atoms with Gasteiger partial charge >= 0.3 is 5.69 Å². The Kier molecular flexibility index (Phi) is 12.8. The summed E-state index contributed by atoms with van der Waals surface area (Å²) in [5, 5.41) is 8.57. The number of aromatic nitrogens is 2. The zero-order valence-corrected chi connectivity index (χ0v) is 35.7. The molecule has 15 nitrogen and oxygen atoms in total. The maximum Gasteiger partial charge on any atom is 0.330 e. The number of rotatable bonds is 16. The maximum atomic E-state index is 14.4. The Labute approximate surface area is 364 Å². The molecule has 1 saturated carbocycles. The van der Waals surface area contributed by atoms with Gasteiger partial charge in [0.2, 0.25) is 23.6 Å². The lowest BCUT2D eigenvalue weighted by Gasteiger charge is -2.26. The van der Waals surface area contributed by atoms with Crippen LogP contribution < -0.4 is 40.9 Å². The van der Waals surface area contributed by atoms with Crippen molar-refractivity contribution in [3.63, 3.8) is 0 Å². The van der Waals surface area contributed by atoms with Crippen LogP contribution in [0.1, 0.15) is 30.4 Å². The highest BCUT2D eigenvalue weighted by Gasteiger charge is 2.62. The van der Waals surface area contributed by atoms with Crippen molar-refractivity contribution >= 4 is 57.6 Å². The van der Waals surface area contributed by atoms with E-state index in [2.05, 4.69) is 16.0 Å². The fourth-order valence-electron chi connectivity index (χ4n) is 7.94. The molecular weight excluding hydrogens is 803 g/mol. The van der Waals surface area contributed by atoms with E-state index in [4.69, 9.17) is 9.47 Å². The van der Waals surface area contributed by atoms with Crippen molar-refractivity contribution in [2.75, 3.05) is 43.4 Å². The molecule has 1 unspecified atom stereocenters. The summed E-state index contributed by atoms with van der Waals surface area (Å²) in [6, 6.07) is 36.3. The number of methoxy groups -OCH3 is 2. The highest BCUT2D eigenvalue weighted by molar-refractivity contribution is 6.06. The first kappa shape index (κ1) is 43.4. The van der Waals surface area contributed by atoms with E-state index in [9.17, 15) is 28.8 Å². The molecule has 1 aliphatic rings. The third-order valence-corrected chi connectivity index (χ3v) is 11.3. The summed E-state index contributed by atoms with van der Waals surface area (Å²) in [7, 11) is 6.35. The monoisotopic (exact) mass is 851 g/mol. The van der Waals surface area contributed by atoms with Gasteiger partial charge in [-0.05, 0) is 84.3 Å². The van der Waals surface area contributed by atoms with Crippen molar-refractivity contribution in [2.45, 2.75) is 50.4 Å². The Bertz CT molecular complexity index is 2700. The Morgan fingerprint density at radius 1 is 0.714 bits per heavy atom. The first-order chi connectivity index (χ1) is 30.3. The van der Waals surface area contributed by atoms with Crippen LogP contribution in [0.2, 0.25) is 0 Å². The van der Waals surface area contributed by atoms with Gasteiger partial charge in [0.15, 0.2) is 0 Å². The molecule has 7 rings (SSSR count). The molecule has 5 amide bonds. The smallest absolute Gasteiger partial charge is 0.330 e. The van der Waals surface area contributed by atoms with Gasteiger partial charge in [0.1, 0.15) is 36.2 Å². The second-order valence-corrected chi connectivity index (χ2v) is 15.5. The van der Waals surface area contributed by atoms with E-state index in [0.29, 0.717) is 40.5 Å². The average Bonchev–Trinajstić information content (AvgIpc) is 3.97. The van der Waals surface area contributed by atoms with E-state index < -0.39 is 48.1 Å². The predicted molar refractivity (Wildman–Crippen MR) is 240 cm³/mol. The summed E-state index contributed by atoms with van der Waals surface area (Å²) in [5.74, 6) is -1.43. The van der Waals surface area contributed by atoms with E-state index >= 15 is 0 Å². The first-order valence-corrected chi connectivity index (χ1v) is 20.4. The van der Waals surface area contributed by atoms with Crippen LogP contribution in [0.15, 0.2) is 132 Å². The summed E-state index contributed by atoms with van der Waals surface area (Å²) in [5.41, 5.74) is 1.76. The minimum Gasteiger partial charge on any atom is -0.497 e. The molecule has 0 aliphatic heterocycles. The van der Waals surface area contributed by atoms with Gasteiger partial charge in [-0.25, -0.2) is 4.79 Å². The second kappa shape index (κ2) is 18.5. The Hall–Kier alpha value is -7.68. The quantitative estimate of drug-likeness (QED) is 0.124. The van der Waals surface area contributed by atoms with Crippen molar-refractivity contribution in [3.05, 3.63) is 149 Å². The number of carbonyl (C=O) groups excluding carboxylic acids is 5. The fraction of sp³-hybridized carbons (Fsp3) is 0.250. The second-order valence-electron chi connectivity index (χ2n) is 15.5. The lowest BCUT2D eigenvalue weighted by molar-refractivity contribution is -0.128. The van der Waals surface area contributed by atoms with Crippen molar-refractivity contribution in [1.29, 1.82) is 0 Å². The largest absolute Gasteiger partial charge is 0.497 e. The van der Waals surface area contributed by atoms with Gasteiger partial charge in [-0.2, -0.15) is 0 Å². The summed E-state index contributed by atoms with van der Waals surface area (Å²) < 4.78 is 13.0. The van der Waals surface area contributed by atoms with Crippen LogP contribution in [0.4, 0.5) is 17.1 Å². The molecule has 3 N–H and O–H groups in total. The Morgan fingerprint density at radius 3 is 1.86 bits per heavy atom. The minimum absolute atomic E-state index is 0.168. The number of hydrogen-bond acceptors (Lipinski definition) is 8. The standard InChI is InChI=1S/C48H49N7O8/c1-31(56)49-34-16-25-41-42(27-34)55(30-44(58)51-48(28-39(48)33-14-10-7-11-15-33)46(60)53(3)36-19-23-38(63-5)24-20-36)47(61)54(41)29-43(57)50-40(26-32-12-8-6-9-13-32)45(59)52(2)35-17-21-37(62-4)22-18-35/h6-25,27,39-40H,26,28-30H2,1-5H3,(H,49,56)(H,50,57)(H,51,58)/t39?,40-,48+/m0/s1. The van der Waals surface area contributed by atoms with E-state index in [1.165, 1.54) is 25.9 Å². The number of anilines is 3. The summed E-state index contributed by atoms with van der Waals surface area (Å²) in [4.78, 5) is 86.1. The molecule has 63 heavy (non-hydrogen) atoms. The van der Waals surface area contributed by atoms with Crippen LogP contribution in [0.25, 0.3) is 11.0 Å². The Balaban J connectivity index is 1.17. The van der Waals surface area contributed by atoms with Gasteiger partial charge in [0, 0.05) is 50.4 Å². The van der Waals surface area contributed by atoms with Crippen LogP contribution in [0.3, 0.4) is 0 Å². The van der Waals surface area contributed by atoms with Gasteiger partial charge in [0.05, 0.1) is 25.3 Å². The van der Waals surface area contributed by atoms with Crippen molar-refractivity contribution in [1.82, 2.24) is 19.8 Å². The van der Waals surface area contributed by atoms with Crippen LogP contribution in [0.5, 0.6) is 11.5 Å². The lowest BCUT2D eigenvalue weighted by atomic mass is 10.0. The number of nitrogens with one attached hydrogen (secondary N) is 3. The zero-order chi connectivity index (χ0) is 44.8. The minimum atomic E-state index is -1.32. The highest BCUT2D eigenvalue weighted by Crippen LogP contribution is 2.53. The normalized spacial score (nSPS) is 15.7. The molecule has 0 spiro atoms. The molecule has 15 heteroatoms. The number of likely N-dealkylation sites (N-methyl/N-ethyl adjacent to an activating group) is 2. The van der Waals surface area contributed by atoms with Gasteiger partial charge < -0.3 is 35.2 Å². The van der Waals surface area contributed by atoms with Gasteiger partial charge in [-0.1, -0.05) is 60.7 Å². The molecule has 0 radical (unpaired) electrons. The maximum absolute atomic E-state index is 14.4. The summed E-state index contributed by atoms with van der Waals surface area (Å²) >= 11 is 0. The number of fused-ring (bicyclic) bond motifs is 1.